The molecule has 6 rings (SSSR count). The normalized spacial score (nSPS) is 18.5. The van der Waals surface area contributed by atoms with Crippen LogP contribution in [0, 0.1) is 50.0 Å². The van der Waals surface area contributed by atoms with Gasteiger partial charge in [0.05, 0.1) is 0 Å². The molecule has 4 aliphatic carbocycles. The fourth-order valence-electron chi connectivity index (χ4n) is 5.20. The van der Waals surface area contributed by atoms with E-state index in [1.165, 1.54) is 86.5 Å². The Hall–Kier alpha value is -1.89. The SMILES string of the molecule is Cc1c[c-]ccc1.Cc1c[c-]ccc1.[C-]1=C(C2CCCCC2)C=CC1.[C-]1=C(C2CCCCC2)C=CC1.[Ti+4]. The Labute approximate surface area is 242 Å². The molecule has 0 N–H and O–H groups in total. The molecule has 0 nitrogen and oxygen atoms in total. The van der Waals surface area contributed by atoms with Crippen molar-refractivity contribution >= 4 is 0 Å². The van der Waals surface area contributed by atoms with E-state index < -0.39 is 0 Å². The summed E-state index contributed by atoms with van der Waals surface area (Å²) in [6.07, 6.45) is 32.3. The molecular formula is C36H44Ti. The van der Waals surface area contributed by atoms with E-state index in [1.54, 1.807) is 0 Å². The fraction of sp³-hybridized carbons (Fsp3) is 0.444. The summed E-state index contributed by atoms with van der Waals surface area (Å²) in [5.41, 5.74) is 5.54. The van der Waals surface area contributed by atoms with Gasteiger partial charge >= 0.3 is 21.7 Å². The van der Waals surface area contributed by atoms with Crippen molar-refractivity contribution in [3.05, 3.63) is 119 Å². The first-order chi connectivity index (χ1) is 17.7. The van der Waals surface area contributed by atoms with Crippen LogP contribution in [0.5, 0.6) is 0 Å². The van der Waals surface area contributed by atoms with Crippen molar-refractivity contribution in [2.24, 2.45) is 11.8 Å². The van der Waals surface area contributed by atoms with Gasteiger partial charge in [0.1, 0.15) is 0 Å². The molecule has 2 fully saturated rings. The molecule has 0 unspecified atom stereocenters. The number of benzene rings is 2. The molecular weight excluding hydrogens is 480 g/mol. The summed E-state index contributed by atoms with van der Waals surface area (Å²) in [6, 6.07) is 21.7. The maximum absolute atomic E-state index is 3.43. The fourth-order valence-corrected chi connectivity index (χ4v) is 5.20. The summed E-state index contributed by atoms with van der Waals surface area (Å²) in [5, 5.41) is 0. The molecule has 2 aromatic rings. The molecule has 0 radical (unpaired) electrons. The number of aryl methyl sites for hydroxylation is 2. The second kappa shape index (κ2) is 19.2. The summed E-state index contributed by atoms with van der Waals surface area (Å²) in [6.45, 7) is 4.10. The molecule has 0 atom stereocenters. The van der Waals surface area contributed by atoms with E-state index in [1.807, 2.05) is 36.4 Å². The van der Waals surface area contributed by atoms with Gasteiger partial charge in [0.25, 0.3) is 0 Å². The van der Waals surface area contributed by atoms with Crippen LogP contribution in [0.15, 0.2) is 84.0 Å². The van der Waals surface area contributed by atoms with Gasteiger partial charge in [0, 0.05) is 0 Å². The number of hydrogen-bond acceptors (Lipinski definition) is 0. The van der Waals surface area contributed by atoms with Crippen LogP contribution in [0.3, 0.4) is 0 Å². The van der Waals surface area contributed by atoms with Crippen molar-refractivity contribution in [2.45, 2.75) is 90.9 Å². The second-order valence-corrected chi connectivity index (χ2v) is 10.3. The molecule has 0 aliphatic heterocycles. The molecule has 0 bridgehead atoms. The standard InChI is InChI=1S/2C11H15.2C7H7.Ti/c2*1-2-6-10(7-3-1)11-8-4-5-9-11;2*1-7-5-3-2-4-6-7;/h2*4,8,10H,1-3,5-7H2;2*2-3,5-6H,1H3;/q4*-1;+4. The van der Waals surface area contributed by atoms with Crippen LogP contribution in [0.4, 0.5) is 0 Å². The number of hydrogen-bond donors (Lipinski definition) is 0. The third-order valence-electron chi connectivity index (χ3n) is 7.26. The zero-order chi connectivity index (χ0) is 25.3. The molecule has 0 saturated heterocycles. The van der Waals surface area contributed by atoms with Crippen LogP contribution in [0.25, 0.3) is 0 Å². The number of rotatable bonds is 2. The zero-order valence-corrected chi connectivity index (χ0v) is 24.6. The topological polar surface area (TPSA) is 0 Å². The molecule has 0 amide bonds. The van der Waals surface area contributed by atoms with E-state index in [0.717, 1.165) is 24.7 Å². The largest absolute Gasteiger partial charge is 4.00 e. The summed E-state index contributed by atoms with van der Waals surface area (Å²) in [7, 11) is 0. The van der Waals surface area contributed by atoms with Crippen LogP contribution >= 0.6 is 0 Å². The predicted molar refractivity (Wildman–Crippen MR) is 154 cm³/mol. The first kappa shape index (κ1) is 31.3. The summed E-state index contributed by atoms with van der Waals surface area (Å²) in [4.78, 5) is 0. The van der Waals surface area contributed by atoms with Gasteiger partial charge in [0.15, 0.2) is 0 Å². The quantitative estimate of drug-likeness (QED) is 0.271. The molecule has 4 aliphatic rings. The molecule has 0 spiro atoms. The van der Waals surface area contributed by atoms with Crippen LogP contribution in [-0.4, -0.2) is 0 Å². The van der Waals surface area contributed by atoms with E-state index in [9.17, 15) is 0 Å². The van der Waals surface area contributed by atoms with Crippen molar-refractivity contribution in [1.82, 2.24) is 0 Å². The van der Waals surface area contributed by atoms with E-state index >= 15 is 0 Å². The van der Waals surface area contributed by atoms with E-state index in [0.29, 0.717) is 0 Å². The Morgan fingerprint density at radius 1 is 0.595 bits per heavy atom. The Morgan fingerprint density at radius 3 is 1.24 bits per heavy atom. The molecule has 0 heterocycles. The van der Waals surface area contributed by atoms with Gasteiger partial charge in [-0.05, 0) is 37.5 Å². The molecule has 192 valence electrons. The molecule has 2 aromatic carbocycles. The molecule has 37 heavy (non-hydrogen) atoms. The predicted octanol–water partition coefficient (Wildman–Crippen LogP) is 10.1. The van der Waals surface area contributed by atoms with Crippen molar-refractivity contribution in [3.8, 4) is 0 Å². The zero-order valence-electron chi connectivity index (χ0n) is 23.1. The third kappa shape index (κ3) is 13.0. The van der Waals surface area contributed by atoms with Crippen molar-refractivity contribution in [2.75, 3.05) is 0 Å². The summed E-state index contributed by atoms with van der Waals surface area (Å²) in [5.74, 6) is 1.73. The Balaban J connectivity index is 0.000000176. The average Bonchev–Trinajstić information content (AvgIpc) is 3.67. The minimum atomic E-state index is 0. The van der Waals surface area contributed by atoms with Gasteiger partial charge in [-0.15, -0.1) is 12.8 Å². The third-order valence-corrected chi connectivity index (χ3v) is 7.26. The van der Waals surface area contributed by atoms with Crippen molar-refractivity contribution < 1.29 is 21.7 Å². The van der Waals surface area contributed by atoms with Crippen molar-refractivity contribution in [3.63, 3.8) is 0 Å². The van der Waals surface area contributed by atoms with E-state index in [-0.39, 0.29) is 21.7 Å². The summed E-state index contributed by atoms with van der Waals surface area (Å²) < 4.78 is 0. The monoisotopic (exact) mass is 524 g/mol. The first-order valence-electron chi connectivity index (χ1n) is 14.1. The Kier molecular flexibility index (Phi) is 16.3. The molecule has 0 aromatic heterocycles. The number of allylic oxidation sites excluding steroid dienone is 8. The van der Waals surface area contributed by atoms with Crippen LogP contribution in [0.1, 0.15) is 88.2 Å². The maximum atomic E-state index is 3.43. The van der Waals surface area contributed by atoms with Gasteiger partial charge in [-0.25, -0.2) is 23.3 Å². The van der Waals surface area contributed by atoms with Crippen LogP contribution in [-0.2, 0) is 21.7 Å². The van der Waals surface area contributed by atoms with Gasteiger partial charge < -0.3 is 0 Å². The Morgan fingerprint density at radius 2 is 1.00 bits per heavy atom. The maximum Gasteiger partial charge on any atom is 4.00 e. The first-order valence-corrected chi connectivity index (χ1v) is 14.1. The summed E-state index contributed by atoms with van der Waals surface area (Å²) >= 11 is 0. The van der Waals surface area contributed by atoms with Gasteiger partial charge in [-0.3, -0.25) is 12.2 Å². The van der Waals surface area contributed by atoms with Crippen LogP contribution < -0.4 is 0 Å². The van der Waals surface area contributed by atoms with Gasteiger partial charge in [-0.1, -0.05) is 52.4 Å². The molecule has 1 heteroatoms. The molecule has 2 saturated carbocycles. The minimum absolute atomic E-state index is 0. The van der Waals surface area contributed by atoms with Gasteiger partial charge in [0.2, 0.25) is 0 Å². The van der Waals surface area contributed by atoms with E-state index in [2.05, 4.69) is 74.6 Å². The Bertz CT molecular complexity index is 871. The van der Waals surface area contributed by atoms with Crippen LogP contribution in [0.2, 0.25) is 0 Å². The van der Waals surface area contributed by atoms with Crippen molar-refractivity contribution in [1.29, 1.82) is 0 Å². The average molecular weight is 525 g/mol. The van der Waals surface area contributed by atoms with E-state index in [4.69, 9.17) is 0 Å². The minimum Gasteiger partial charge on any atom is -0.269 e. The second-order valence-electron chi connectivity index (χ2n) is 10.3. The van der Waals surface area contributed by atoms with Gasteiger partial charge in [-0.2, -0.15) is 83.9 Å². The smallest absolute Gasteiger partial charge is 0.269 e.